The van der Waals surface area contributed by atoms with Crippen LogP contribution in [0, 0.1) is 5.82 Å². The second-order valence-corrected chi connectivity index (χ2v) is 4.24. The van der Waals surface area contributed by atoms with E-state index in [1.807, 2.05) is 18.2 Å². The summed E-state index contributed by atoms with van der Waals surface area (Å²) in [5, 5.41) is 3.15. The zero-order valence-electron chi connectivity index (χ0n) is 11.7. The van der Waals surface area contributed by atoms with Crippen molar-refractivity contribution >= 4 is 0 Å². The molecule has 1 aromatic carbocycles. The number of benzene rings is 1. The average Bonchev–Trinajstić information content (AvgIpc) is 2.47. The van der Waals surface area contributed by atoms with Gasteiger partial charge in [0.05, 0.1) is 26.5 Å². The highest BCUT2D eigenvalue weighted by molar-refractivity contribution is 5.50. The van der Waals surface area contributed by atoms with Crippen LogP contribution in [0.4, 0.5) is 4.39 Å². The molecule has 1 unspecified atom stereocenters. The van der Waals surface area contributed by atoms with Crippen molar-refractivity contribution in [3.63, 3.8) is 0 Å². The van der Waals surface area contributed by atoms with Gasteiger partial charge < -0.3 is 14.8 Å². The monoisotopic (exact) mass is 276 g/mol. The van der Waals surface area contributed by atoms with E-state index in [0.717, 1.165) is 11.1 Å². The molecule has 1 heterocycles. The van der Waals surface area contributed by atoms with Crippen LogP contribution in [-0.4, -0.2) is 26.3 Å². The molecule has 1 aromatic heterocycles. The first kappa shape index (κ1) is 14.3. The second-order valence-electron chi connectivity index (χ2n) is 4.24. The number of hydrogen-bond acceptors (Lipinski definition) is 4. The topological polar surface area (TPSA) is 43.4 Å². The number of halogens is 1. The predicted molar refractivity (Wildman–Crippen MR) is 74.6 cm³/mol. The van der Waals surface area contributed by atoms with Gasteiger partial charge in [-0.1, -0.05) is 12.1 Å². The molecule has 1 N–H and O–H groups in total. The molecule has 0 saturated carbocycles. The van der Waals surface area contributed by atoms with Gasteiger partial charge >= 0.3 is 0 Å². The fraction of sp³-hybridized carbons (Fsp3) is 0.267. The first-order chi connectivity index (χ1) is 9.71. The number of para-hydroxylation sites is 1. The molecule has 5 heteroatoms. The Labute approximate surface area is 117 Å². The molecule has 0 fully saturated rings. The summed E-state index contributed by atoms with van der Waals surface area (Å²) in [4.78, 5) is 3.89. The molecular weight excluding hydrogens is 259 g/mol. The summed E-state index contributed by atoms with van der Waals surface area (Å²) in [6, 6.07) is 6.82. The van der Waals surface area contributed by atoms with E-state index in [2.05, 4.69) is 10.3 Å². The largest absolute Gasteiger partial charge is 0.493 e. The Morgan fingerprint density at radius 2 is 2.00 bits per heavy atom. The molecule has 0 bridgehead atoms. The summed E-state index contributed by atoms with van der Waals surface area (Å²) in [6.45, 7) is 0. The number of hydrogen-bond donors (Lipinski definition) is 1. The van der Waals surface area contributed by atoms with E-state index in [0.29, 0.717) is 11.5 Å². The van der Waals surface area contributed by atoms with Crippen LogP contribution in [0.2, 0.25) is 0 Å². The lowest BCUT2D eigenvalue weighted by molar-refractivity contribution is 0.349. The second kappa shape index (κ2) is 6.34. The summed E-state index contributed by atoms with van der Waals surface area (Å²) < 4.78 is 24.1. The Kier molecular flexibility index (Phi) is 4.53. The minimum absolute atomic E-state index is 0.233. The molecule has 2 aromatic rings. The molecule has 0 aliphatic carbocycles. The van der Waals surface area contributed by atoms with Gasteiger partial charge in [0.1, 0.15) is 5.82 Å². The van der Waals surface area contributed by atoms with Crippen molar-refractivity contribution in [2.24, 2.45) is 0 Å². The first-order valence-electron chi connectivity index (χ1n) is 6.19. The molecule has 0 saturated heterocycles. The van der Waals surface area contributed by atoms with Crippen LogP contribution < -0.4 is 14.8 Å². The Hall–Kier alpha value is -2.14. The van der Waals surface area contributed by atoms with Gasteiger partial charge in [-0.2, -0.15) is 0 Å². The highest BCUT2D eigenvalue weighted by Crippen LogP contribution is 2.36. The van der Waals surface area contributed by atoms with E-state index in [4.69, 9.17) is 9.47 Å². The highest BCUT2D eigenvalue weighted by Gasteiger charge is 2.20. The van der Waals surface area contributed by atoms with Crippen molar-refractivity contribution in [1.82, 2.24) is 10.3 Å². The first-order valence-corrected chi connectivity index (χ1v) is 6.19. The molecule has 4 nitrogen and oxygen atoms in total. The maximum Gasteiger partial charge on any atom is 0.165 e. The lowest BCUT2D eigenvalue weighted by atomic mass is 9.99. The van der Waals surface area contributed by atoms with E-state index in [1.165, 1.54) is 12.3 Å². The molecular formula is C15H17FN2O2. The fourth-order valence-electron chi connectivity index (χ4n) is 2.23. The summed E-state index contributed by atoms with van der Waals surface area (Å²) in [6.07, 6.45) is 2.81. The van der Waals surface area contributed by atoms with E-state index in [9.17, 15) is 4.39 Å². The standard InChI is InChI=1S/C15H17FN2O2/c1-17-14(10-7-11(16)9-18-8-10)12-5-4-6-13(19-2)15(12)20-3/h4-9,14,17H,1-3H3. The third-order valence-electron chi connectivity index (χ3n) is 3.09. The number of nitrogens with one attached hydrogen (secondary N) is 1. The third kappa shape index (κ3) is 2.72. The zero-order valence-corrected chi connectivity index (χ0v) is 11.7. The molecule has 0 radical (unpaired) electrons. The van der Waals surface area contributed by atoms with Gasteiger partial charge in [0.15, 0.2) is 11.5 Å². The third-order valence-corrected chi connectivity index (χ3v) is 3.09. The smallest absolute Gasteiger partial charge is 0.165 e. The van der Waals surface area contributed by atoms with E-state index in [-0.39, 0.29) is 11.9 Å². The number of ether oxygens (including phenoxy) is 2. The summed E-state index contributed by atoms with van der Waals surface area (Å²) in [5.74, 6) is 0.887. The van der Waals surface area contributed by atoms with Crippen LogP contribution in [0.3, 0.4) is 0 Å². The predicted octanol–water partition coefficient (Wildman–Crippen LogP) is 2.55. The average molecular weight is 276 g/mol. The van der Waals surface area contributed by atoms with E-state index >= 15 is 0 Å². The van der Waals surface area contributed by atoms with E-state index < -0.39 is 0 Å². The number of nitrogens with zero attached hydrogens (tertiary/aromatic N) is 1. The highest BCUT2D eigenvalue weighted by atomic mass is 19.1. The lowest BCUT2D eigenvalue weighted by Crippen LogP contribution is -2.19. The number of pyridine rings is 1. The minimum Gasteiger partial charge on any atom is -0.493 e. The molecule has 20 heavy (non-hydrogen) atoms. The number of rotatable bonds is 5. The molecule has 0 amide bonds. The van der Waals surface area contributed by atoms with E-state index in [1.54, 1.807) is 27.5 Å². The summed E-state index contributed by atoms with van der Waals surface area (Å²) in [7, 11) is 4.96. The van der Waals surface area contributed by atoms with Crippen LogP contribution >= 0.6 is 0 Å². The van der Waals surface area contributed by atoms with Crippen molar-refractivity contribution in [1.29, 1.82) is 0 Å². The Balaban J connectivity index is 2.52. The molecule has 106 valence electrons. The Morgan fingerprint density at radius 3 is 2.60 bits per heavy atom. The van der Waals surface area contributed by atoms with Crippen molar-refractivity contribution < 1.29 is 13.9 Å². The molecule has 0 aliphatic heterocycles. The Bertz CT molecular complexity index is 590. The quantitative estimate of drug-likeness (QED) is 0.911. The zero-order chi connectivity index (χ0) is 14.5. The SMILES string of the molecule is CNC(c1cncc(F)c1)c1cccc(OC)c1OC. The molecule has 1 atom stereocenters. The molecule has 0 aliphatic rings. The van der Waals surface area contributed by atoms with Gasteiger partial charge in [0.25, 0.3) is 0 Å². The lowest BCUT2D eigenvalue weighted by Gasteiger charge is -2.21. The van der Waals surface area contributed by atoms with Gasteiger partial charge in [0.2, 0.25) is 0 Å². The van der Waals surface area contributed by atoms with Gasteiger partial charge in [0, 0.05) is 11.8 Å². The maximum atomic E-state index is 13.4. The molecule has 0 spiro atoms. The van der Waals surface area contributed by atoms with Crippen molar-refractivity contribution in [2.75, 3.05) is 21.3 Å². The van der Waals surface area contributed by atoms with Crippen LogP contribution in [0.15, 0.2) is 36.7 Å². The number of aromatic nitrogens is 1. The Morgan fingerprint density at radius 1 is 1.20 bits per heavy atom. The van der Waals surface area contributed by atoms with Crippen LogP contribution in [0.25, 0.3) is 0 Å². The van der Waals surface area contributed by atoms with Gasteiger partial charge in [-0.15, -0.1) is 0 Å². The number of methoxy groups -OCH3 is 2. The van der Waals surface area contributed by atoms with Crippen LogP contribution in [0.1, 0.15) is 17.2 Å². The molecule has 2 rings (SSSR count). The van der Waals surface area contributed by atoms with Gasteiger partial charge in [-0.05, 0) is 24.7 Å². The summed E-state index contributed by atoms with van der Waals surface area (Å²) >= 11 is 0. The normalized spacial score (nSPS) is 12.0. The minimum atomic E-state index is -0.371. The fourth-order valence-corrected chi connectivity index (χ4v) is 2.23. The maximum absolute atomic E-state index is 13.4. The van der Waals surface area contributed by atoms with Crippen molar-refractivity contribution in [2.45, 2.75) is 6.04 Å². The van der Waals surface area contributed by atoms with Crippen LogP contribution in [-0.2, 0) is 0 Å². The van der Waals surface area contributed by atoms with Gasteiger partial charge in [-0.25, -0.2) is 4.39 Å². The van der Waals surface area contributed by atoms with Crippen LogP contribution in [0.5, 0.6) is 11.5 Å². The van der Waals surface area contributed by atoms with Gasteiger partial charge in [-0.3, -0.25) is 4.98 Å². The van der Waals surface area contributed by atoms with Crippen molar-refractivity contribution in [3.8, 4) is 11.5 Å². The van der Waals surface area contributed by atoms with Crippen molar-refractivity contribution in [3.05, 3.63) is 53.6 Å². The summed E-state index contributed by atoms with van der Waals surface area (Å²) in [5.41, 5.74) is 1.58.